The van der Waals surface area contributed by atoms with Gasteiger partial charge in [-0.15, -0.1) is 0 Å². The second-order valence-corrected chi connectivity index (χ2v) is 19.6. The Morgan fingerprint density at radius 3 is 1.18 bits per heavy atom. The van der Waals surface area contributed by atoms with Gasteiger partial charge in [0.2, 0.25) is 5.78 Å². The molecule has 0 aliphatic heterocycles. The van der Waals surface area contributed by atoms with E-state index in [1.54, 1.807) is 0 Å². The monoisotopic (exact) mass is 945 g/mol. The molecule has 6 aromatic heterocycles. The van der Waals surface area contributed by atoms with Gasteiger partial charge in [0, 0.05) is 60.2 Å². The van der Waals surface area contributed by atoms with Crippen LogP contribution in [0.15, 0.2) is 245 Å². The van der Waals surface area contributed by atoms with Gasteiger partial charge in [0.05, 0.1) is 44.1 Å². The SMILES string of the molecule is c1ccc(-n2c3ccc(-c4ccc5oc6ccc(-n7c8ccccc8c8ccccc87)cc6c5c4)cc3n3c4cc(-c5ccc6oc7ccc(-n8c9ccccc9c9ccccc98)cc7c6c5)ccc4nc23)cc1. The summed E-state index contributed by atoms with van der Waals surface area (Å²) < 4.78 is 22.4. The molecule has 17 aromatic rings. The Kier molecular flexibility index (Phi) is 7.88. The standard InChI is InChI=1S/C67H39N5O2/c1-2-12-44(13-3-1)71-60-29-23-43(41-25-31-64-52(35-41)54-39-46(27-33-66(54)74-64)70-58-20-10-6-16-49(58)50-17-7-11-21-59(50)70)37-62(60)72-61-36-42(22-28-55(61)68-67(71)72)40-24-30-63-51(34-40)53-38-45(26-32-65(53)73-63)69-56-18-8-4-14-47(56)48-15-5-9-19-57(48)69/h1-39H. The number of fused-ring (bicyclic) bond motifs is 17. The lowest BCUT2D eigenvalue weighted by atomic mass is 10.0. The predicted molar refractivity (Wildman–Crippen MR) is 304 cm³/mol. The van der Waals surface area contributed by atoms with Gasteiger partial charge < -0.3 is 18.0 Å². The minimum atomic E-state index is 0.859. The fraction of sp³-hybridized carbons (Fsp3) is 0. The maximum absolute atomic E-state index is 6.51. The molecule has 0 spiro atoms. The maximum Gasteiger partial charge on any atom is 0.220 e. The Bertz CT molecular complexity index is 5110. The summed E-state index contributed by atoms with van der Waals surface area (Å²) in [6.45, 7) is 0. The van der Waals surface area contributed by atoms with Crippen molar-refractivity contribution in [1.82, 2.24) is 23.1 Å². The van der Waals surface area contributed by atoms with Crippen LogP contribution in [0.1, 0.15) is 0 Å². The van der Waals surface area contributed by atoms with Gasteiger partial charge in [-0.05, 0) is 144 Å². The summed E-state index contributed by atoms with van der Waals surface area (Å²) in [6, 6.07) is 84.9. The van der Waals surface area contributed by atoms with E-state index in [1.165, 1.54) is 43.6 Å². The normalized spacial score (nSPS) is 12.3. The Morgan fingerprint density at radius 1 is 0.257 bits per heavy atom. The molecule has 0 unspecified atom stereocenters. The first-order chi connectivity index (χ1) is 36.7. The highest BCUT2D eigenvalue weighted by Gasteiger charge is 2.21. The highest BCUT2D eigenvalue weighted by atomic mass is 16.3. The van der Waals surface area contributed by atoms with Crippen LogP contribution in [0.3, 0.4) is 0 Å². The van der Waals surface area contributed by atoms with Crippen LogP contribution in [-0.4, -0.2) is 23.1 Å². The third-order valence-corrected chi connectivity index (χ3v) is 15.6. The number of para-hydroxylation sites is 5. The van der Waals surface area contributed by atoms with Crippen LogP contribution < -0.4 is 0 Å². The summed E-state index contributed by atoms with van der Waals surface area (Å²) in [6.07, 6.45) is 0. The van der Waals surface area contributed by atoms with Gasteiger partial charge in [0.1, 0.15) is 22.3 Å². The highest BCUT2D eigenvalue weighted by molar-refractivity contribution is 6.13. The highest BCUT2D eigenvalue weighted by Crippen LogP contribution is 2.41. The lowest BCUT2D eigenvalue weighted by molar-refractivity contribution is 0.668. The summed E-state index contributed by atoms with van der Waals surface area (Å²) in [7, 11) is 0. The lowest BCUT2D eigenvalue weighted by Gasteiger charge is -2.08. The fourth-order valence-electron chi connectivity index (χ4n) is 12.2. The zero-order valence-electron chi connectivity index (χ0n) is 39.6. The quantitative estimate of drug-likeness (QED) is 0.173. The van der Waals surface area contributed by atoms with E-state index >= 15 is 0 Å². The zero-order valence-corrected chi connectivity index (χ0v) is 39.6. The molecular formula is C67H39N5O2. The first-order valence-corrected chi connectivity index (χ1v) is 25.1. The van der Waals surface area contributed by atoms with E-state index in [2.05, 4.69) is 255 Å². The van der Waals surface area contributed by atoms with Crippen molar-refractivity contribution >= 4 is 115 Å². The molecular weight excluding hydrogens is 907 g/mol. The molecule has 0 radical (unpaired) electrons. The Labute approximate surface area is 421 Å². The number of rotatable bonds is 5. The number of benzene rings is 11. The third kappa shape index (κ3) is 5.52. The number of hydrogen-bond donors (Lipinski definition) is 0. The van der Waals surface area contributed by atoms with E-state index in [1.807, 2.05) is 0 Å². The average Bonchev–Trinajstić information content (AvgIpc) is 4.32. The molecule has 0 saturated heterocycles. The largest absolute Gasteiger partial charge is 0.456 e. The van der Waals surface area contributed by atoms with E-state index < -0.39 is 0 Å². The number of hydrogen-bond acceptors (Lipinski definition) is 3. The van der Waals surface area contributed by atoms with Gasteiger partial charge in [0.15, 0.2) is 0 Å². The van der Waals surface area contributed by atoms with E-state index in [9.17, 15) is 0 Å². The van der Waals surface area contributed by atoms with Crippen molar-refractivity contribution in [3.8, 4) is 39.3 Å². The first-order valence-electron chi connectivity index (χ1n) is 25.1. The number of imidazole rings is 2. The van der Waals surface area contributed by atoms with Crippen LogP contribution in [-0.2, 0) is 0 Å². The molecule has 344 valence electrons. The molecule has 0 N–H and O–H groups in total. The number of nitrogens with zero attached hydrogens (tertiary/aromatic N) is 5. The molecule has 7 heteroatoms. The third-order valence-electron chi connectivity index (χ3n) is 15.6. The van der Waals surface area contributed by atoms with Gasteiger partial charge in [-0.25, -0.2) is 4.98 Å². The van der Waals surface area contributed by atoms with Crippen LogP contribution in [0.25, 0.3) is 155 Å². The van der Waals surface area contributed by atoms with E-state index in [0.29, 0.717) is 0 Å². The molecule has 0 amide bonds. The van der Waals surface area contributed by atoms with Crippen molar-refractivity contribution in [3.63, 3.8) is 0 Å². The Morgan fingerprint density at radius 2 is 0.662 bits per heavy atom. The van der Waals surface area contributed by atoms with E-state index in [-0.39, 0.29) is 0 Å². The Balaban J connectivity index is 0.817. The summed E-state index contributed by atoms with van der Waals surface area (Å²) in [5, 5.41) is 9.28. The van der Waals surface area contributed by atoms with E-state index in [0.717, 1.165) is 111 Å². The van der Waals surface area contributed by atoms with Crippen molar-refractivity contribution < 1.29 is 8.83 Å². The topological polar surface area (TPSA) is 58.4 Å². The maximum atomic E-state index is 6.51. The summed E-state index contributed by atoms with van der Waals surface area (Å²) in [5.74, 6) is 0.859. The molecule has 74 heavy (non-hydrogen) atoms. The van der Waals surface area contributed by atoms with Gasteiger partial charge in [-0.2, -0.15) is 0 Å². The van der Waals surface area contributed by atoms with Crippen molar-refractivity contribution in [1.29, 1.82) is 0 Å². The van der Waals surface area contributed by atoms with Crippen LogP contribution in [0.4, 0.5) is 0 Å². The van der Waals surface area contributed by atoms with Crippen molar-refractivity contribution in [2.75, 3.05) is 0 Å². The molecule has 0 aliphatic rings. The minimum absolute atomic E-state index is 0.859. The van der Waals surface area contributed by atoms with Crippen molar-refractivity contribution in [2.24, 2.45) is 0 Å². The van der Waals surface area contributed by atoms with Crippen molar-refractivity contribution in [2.45, 2.75) is 0 Å². The number of furan rings is 2. The second kappa shape index (κ2) is 14.7. The van der Waals surface area contributed by atoms with Crippen molar-refractivity contribution in [3.05, 3.63) is 237 Å². The summed E-state index contributed by atoms with van der Waals surface area (Å²) >= 11 is 0. The second-order valence-electron chi connectivity index (χ2n) is 19.6. The minimum Gasteiger partial charge on any atom is -0.456 e. The van der Waals surface area contributed by atoms with Gasteiger partial charge in [-0.3, -0.25) is 8.97 Å². The zero-order chi connectivity index (χ0) is 48.2. The van der Waals surface area contributed by atoms with Gasteiger partial charge >= 0.3 is 0 Å². The average molecular weight is 946 g/mol. The number of aromatic nitrogens is 5. The van der Waals surface area contributed by atoms with Gasteiger partial charge in [-0.1, -0.05) is 115 Å². The Hall–Kier alpha value is -10.1. The first kappa shape index (κ1) is 39.6. The van der Waals surface area contributed by atoms with E-state index in [4.69, 9.17) is 13.8 Å². The van der Waals surface area contributed by atoms with Crippen LogP contribution in [0, 0.1) is 0 Å². The molecule has 0 aliphatic carbocycles. The predicted octanol–water partition coefficient (Wildman–Crippen LogP) is 17.8. The molecule has 0 fully saturated rings. The smallest absolute Gasteiger partial charge is 0.220 e. The molecule has 0 atom stereocenters. The van der Waals surface area contributed by atoms with Crippen LogP contribution >= 0.6 is 0 Å². The van der Waals surface area contributed by atoms with Crippen LogP contribution in [0.5, 0.6) is 0 Å². The summed E-state index contributed by atoms with van der Waals surface area (Å²) in [4.78, 5) is 5.36. The fourth-order valence-corrected chi connectivity index (χ4v) is 12.2. The molecule has 7 nitrogen and oxygen atoms in total. The summed E-state index contributed by atoms with van der Waals surface area (Å²) in [5.41, 5.74) is 20.0. The molecule has 6 heterocycles. The molecule has 0 saturated carbocycles. The van der Waals surface area contributed by atoms with Crippen LogP contribution in [0.2, 0.25) is 0 Å². The lowest BCUT2D eigenvalue weighted by Crippen LogP contribution is -1.94. The molecule has 11 aromatic carbocycles. The molecule has 0 bridgehead atoms. The van der Waals surface area contributed by atoms with Gasteiger partial charge in [0.25, 0.3) is 0 Å². The molecule has 17 rings (SSSR count).